The van der Waals surface area contributed by atoms with E-state index >= 15 is 0 Å². The fraction of sp³-hybridized carbons (Fsp3) is 0.348. The molecule has 0 amide bonds. The van der Waals surface area contributed by atoms with E-state index in [1.54, 1.807) is 25.5 Å². The first kappa shape index (κ1) is 21.4. The van der Waals surface area contributed by atoms with Crippen molar-refractivity contribution in [2.75, 3.05) is 24.0 Å². The van der Waals surface area contributed by atoms with Gasteiger partial charge in [0.25, 0.3) is 5.69 Å². The molecule has 3 rings (SSSR count). The third-order valence-corrected chi connectivity index (χ3v) is 5.25. The molecule has 0 fully saturated rings. The molecule has 1 N–H and O–H groups in total. The molecule has 0 bridgehead atoms. The Morgan fingerprint density at radius 2 is 1.97 bits per heavy atom. The number of non-ortho nitro benzene ring substituents is 1. The van der Waals surface area contributed by atoms with E-state index in [9.17, 15) is 10.1 Å². The lowest BCUT2D eigenvalue weighted by Gasteiger charge is -2.43. The normalized spacial score (nSPS) is 15.0. The quantitative estimate of drug-likeness (QED) is 0.374. The van der Waals surface area contributed by atoms with Crippen LogP contribution in [0.5, 0.6) is 5.75 Å². The highest BCUT2D eigenvalue weighted by Crippen LogP contribution is 2.41. The van der Waals surface area contributed by atoms with Crippen LogP contribution < -0.4 is 15.1 Å². The lowest BCUT2D eigenvalue weighted by atomic mass is 9.87. The maximum absolute atomic E-state index is 10.8. The van der Waals surface area contributed by atoms with Gasteiger partial charge >= 0.3 is 0 Å². The van der Waals surface area contributed by atoms with Crippen molar-refractivity contribution in [2.24, 2.45) is 5.10 Å². The molecule has 1 aliphatic rings. The summed E-state index contributed by atoms with van der Waals surface area (Å²) in [4.78, 5) is 12.7. The van der Waals surface area contributed by atoms with Crippen LogP contribution >= 0.6 is 0 Å². The average Bonchev–Trinajstić information content (AvgIpc) is 2.71. The van der Waals surface area contributed by atoms with Gasteiger partial charge < -0.3 is 9.64 Å². The Bertz CT molecular complexity index is 994. The molecule has 0 radical (unpaired) electrons. The zero-order valence-corrected chi connectivity index (χ0v) is 18.1. The molecule has 0 aromatic heterocycles. The molecule has 1 aliphatic heterocycles. The molecule has 2 aromatic rings. The number of anilines is 2. The summed E-state index contributed by atoms with van der Waals surface area (Å²) in [5.41, 5.74) is 7.97. The van der Waals surface area contributed by atoms with Crippen molar-refractivity contribution in [3.63, 3.8) is 0 Å². The number of hydrogen-bond acceptors (Lipinski definition) is 6. The zero-order valence-electron chi connectivity index (χ0n) is 18.1. The van der Waals surface area contributed by atoms with E-state index in [4.69, 9.17) is 4.74 Å². The topological polar surface area (TPSA) is 80.0 Å². The third-order valence-electron chi connectivity index (χ3n) is 5.25. The van der Waals surface area contributed by atoms with Crippen LogP contribution in [0.25, 0.3) is 5.57 Å². The molecule has 0 saturated heterocycles. The van der Waals surface area contributed by atoms with Crippen molar-refractivity contribution in [3.05, 3.63) is 63.7 Å². The Morgan fingerprint density at radius 1 is 1.27 bits per heavy atom. The van der Waals surface area contributed by atoms with Crippen LogP contribution in [0.4, 0.5) is 17.1 Å². The van der Waals surface area contributed by atoms with Crippen molar-refractivity contribution in [2.45, 2.75) is 39.7 Å². The molecule has 0 unspecified atom stereocenters. The van der Waals surface area contributed by atoms with E-state index in [-0.39, 0.29) is 11.2 Å². The van der Waals surface area contributed by atoms with Crippen molar-refractivity contribution in [1.29, 1.82) is 0 Å². The van der Waals surface area contributed by atoms with Crippen LogP contribution in [0.2, 0.25) is 0 Å². The molecule has 30 heavy (non-hydrogen) atoms. The first-order valence-corrected chi connectivity index (χ1v) is 10.00. The highest BCUT2D eigenvalue weighted by Gasteiger charge is 2.31. The highest BCUT2D eigenvalue weighted by atomic mass is 16.6. The van der Waals surface area contributed by atoms with Gasteiger partial charge in [0.15, 0.2) is 0 Å². The Balaban J connectivity index is 1.90. The highest BCUT2D eigenvalue weighted by molar-refractivity contribution is 5.91. The van der Waals surface area contributed by atoms with Crippen molar-refractivity contribution < 1.29 is 9.66 Å². The summed E-state index contributed by atoms with van der Waals surface area (Å²) in [6, 6.07) is 10.3. The molecule has 7 nitrogen and oxygen atoms in total. The predicted octanol–water partition coefficient (Wildman–Crippen LogP) is 5.46. The maximum atomic E-state index is 10.8. The Hall–Kier alpha value is -3.35. The molecule has 0 atom stereocenters. The lowest BCUT2D eigenvalue weighted by Crippen LogP contribution is -2.45. The number of benzene rings is 2. The smallest absolute Gasteiger partial charge is 0.269 e. The summed E-state index contributed by atoms with van der Waals surface area (Å²) in [6.45, 7) is 9.73. The predicted molar refractivity (Wildman–Crippen MR) is 123 cm³/mol. The summed E-state index contributed by atoms with van der Waals surface area (Å²) < 4.78 is 5.65. The SMILES string of the molecule is CCCN1c2cc(OC)c(/C=N\Nc3ccc([N+](=O)[O-])cc3)cc2C(C)=CC1(C)C. The van der Waals surface area contributed by atoms with Gasteiger partial charge in [-0.2, -0.15) is 5.10 Å². The van der Waals surface area contributed by atoms with Gasteiger partial charge in [0.1, 0.15) is 5.75 Å². The molecule has 0 aliphatic carbocycles. The van der Waals surface area contributed by atoms with Gasteiger partial charge in [0.2, 0.25) is 0 Å². The maximum Gasteiger partial charge on any atom is 0.269 e. The lowest BCUT2D eigenvalue weighted by molar-refractivity contribution is -0.384. The fourth-order valence-electron chi connectivity index (χ4n) is 3.86. The van der Waals surface area contributed by atoms with Gasteiger partial charge in [-0.1, -0.05) is 13.0 Å². The number of nitrogens with zero attached hydrogens (tertiary/aromatic N) is 3. The molecule has 158 valence electrons. The van der Waals surface area contributed by atoms with Gasteiger partial charge in [-0.25, -0.2) is 0 Å². The fourth-order valence-corrected chi connectivity index (χ4v) is 3.86. The van der Waals surface area contributed by atoms with Crippen LogP contribution in [0, 0.1) is 10.1 Å². The number of nitro benzene ring substituents is 1. The number of fused-ring (bicyclic) bond motifs is 1. The number of allylic oxidation sites excluding steroid dienone is 1. The van der Waals surface area contributed by atoms with Crippen molar-refractivity contribution >= 4 is 28.8 Å². The van der Waals surface area contributed by atoms with Crippen molar-refractivity contribution in [1.82, 2.24) is 0 Å². The van der Waals surface area contributed by atoms with Crippen molar-refractivity contribution in [3.8, 4) is 5.75 Å². The van der Waals surface area contributed by atoms with Gasteiger partial charge in [0, 0.05) is 41.6 Å². The number of rotatable bonds is 7. The first-order valence-electron chi connectivity index (χ1n) is 10.00. The number of ether oxygens (including phenoxy) is 1. The number of methoxy groups -OCH3 is 1. The van der Waals surface area contributed by atoms with E-state index in [0.717, 1.165) is 24.3 Å². The van der Waals surface area contributed by atoms with E-state index < -0.39 is 4.92 Å². The summed E-state index contributed by atoms with van der Waals surface area (Å²) in [5, 5.41) is 15.1. The summed E-state index contributed by atoms with van der Waals surface area (Å²) >= 11 is 0. The number of hydrogen-bond donors (Lipinski definition) is 1. The largest absolute Gasteiger partial charge is 0.496 e. The van der Waals surface area contributed by atoms with Gasteiger partial charge in [-0.3, -0.25) is 15.5 Å². The average molecular weight is 409 g/mol. The van der Waals surface area contributed by atoms with Gasteiger partial charge in [0.05, 0.1) is 29.5 Å². The second kappa shape index (κ2) is 8.57. The van der Waals surface area contributed by atoms with E-state index in [1.165, 1.54) is 29.0 Å². The zero-order chi connectivity index (χ0) is 21.9. The molecule has 0 saturated carbocycles. The second-order valence-electron chi connectivity index (χ2n) is 7.92. The molecular weight excluding hydrogens is 380 g/mol. The summed E-state index contributed by atoms with van der Waals surface area (Å²) in [6.07, 6.45) is 5.06. The Labute approximate surface area is 177 Å². The van der Waals surface area contributed by atoms with E-state index in [0.29, 0.717) is 5.69 Å². The standard InChI is InChI=1S/C23H28N4O3/c1-6-11-26-21-13-22(30-5)17(12-20(21)16(2)14-23(26,3)4)15-24-25-18-7-9-19(10-8-18)27(28)29/h7-10,12-15,25H,6,11H2,1-5H3/b24-15-. The minimum absolute atomic E-state index is 0.0442. The minimum atomic E-state index is -0.427. The number of hydrazone groups is 1. The Morgan fingerprint density at radius 3 is 2.57 bits per heavy atom. The van der Waals surface area contributed by atoms with Crippen LogP contribution in [-0.2, 0) is 0 Å². The third kappa shape index (κ3) is 4.30. The molecule has 1 heterocycles. The molecule has 0 spiro atoms. The molecule has 2 aromatic carbocycles. The first-order chi connectivity index (χ1) is 14.3. The van der Waals surface area contributed by atoms with E-state index in [1.807, 2.05) is 0 Å². The van der Waals surface area contributed by atoms with Gasteiger partial charge in [-0.15, -0.1) is 0 Å². The number of nitro groups is 1. The van der Waals surface area contributed by atoms with Crippen LogP contribution in [0.1, 0.15) is 45.2 Å². The van der Waals surface area contributed by atoms with Crippen LogP contribution in [-0.4, -0.2) is 30.3 Å². The second-order valence-corrected chi connectivity index (χ2v) is 7.92. The van der Waals surface area contributed by atoms with Crippen LogP contribution in [0.15, 0.2) is 47.6 Å². The number of nitrogens with one attached hydrogen (secondary N) is 1. The van der Waals surface area contributed by atoms with Gasteiger partial charge in [-0.05, 0) is 51.0 Å². The molecular formula is C23H28N4O3. The van der Waals surface area contributed by atoms with Crippen LogP contribution in [0.3, 0.4) is 0 Å². The minimum Gasteiger partial charge on any atom is -0.496 e. The van der Waals surface area contributed by atoms with E-state index in [2.05, 4.69) is 61.3 Å². The summed E-state index contributed by atoms with van der Waals surface area (Å²) in [7, 11) is 1.66. The molecule has 7 heteroatoms. The summed E-state index contributed by atoms with van der Waals surface area (Å²) in [5.74, 6) is 0.745. The Kier molecular flexibility index (Phi) is 6.10. The monoisotopic (exact) mass is 408 g/mol.